The van der Waals surface area contributed by atoms with Gasteiger partial charge in [-0.15, -0.1) is 0 Å². The van der Waals surface area contributed by atoms with Gasteiger partial charge in [0.1, 0.15) is 0 Å². The van der Waals surface area contributed by atoms with E-state index in [0.29, 0.717) is 30.8 Å². The standard InChI is InChI=1S/C14H20N2O4S/c1-21(19,20)16-8-2-4-11-10-12(5-6-13(11)16)14(18)15-7-3-9-17/h5-6,10,17H,2-4,7-9H2,1H3,(H,15,18). The second-order valence-corrected chi connectivity index (χ2v) is 7.02. The van der Waals surface area contributed by atoms with Gasteiger partial charge in [0.15, 0.2) is 0 Å². The molecule has 1 aromatic rings. The second kappa shape index (κ2) is 6.44. The van der Waals surface area contributed by atoms with Crippen LogP contribution < -0.4 is 9.62 Å². The first-order valence-electron chi connectivity index (χ1n) is 6.93. The van der Waals surface area contributed by atoms with E-state index in [1.807, 2.05) is 0 Å². The third-order valence-corrected chi connectivity index (χ3v) is 4.62. The van der Waals surface area contributed by atoms with Crippen LogP contribution in [0.4, 0.5) is 5.69 Å². The quantitative estimate of drug-likeness (QED) is 0.776. The van der Waals surface area contributed by atoms with Crippen LogP contribution in [-0.2, 0) is 16.4 Å². The van der Waals surface area contributed by atoms with Gasteiger partial charge in [-0.05, 0) is 43.0 Å². The molecule has 1 amide bonds. The third-order valence-electron chi connectivity index (χ3n) is 3.44. The fourth-order valence-corrected chi connectivity index (χ4v) is 3.43. The van der Waals surface area contributed by atoms with Crippen molar-refractivity contribution in [3.05, 3.63) is 29.3 Å². The van der Waals surface area contributed by atoms with Crippen LogP contribution in [0.5, 0.6) is 0 Å². The second-order valence-electron chi connectivity index (χ2n) is 5.12. The Balaban J connectivity index is 2.21. The number of sulfonamides is 1. The number of fused-ring (bicyclic) bond motifs is 1. The number of nitrogens with zero attached hydrogens (tertiary/aromatic N) is 1. The SMILES string of the molecule is CS(=O)(=O)N1CCCc2cc(C(=O)NCCCO)ccc21. The summed E-state index contributed by atoms with van der Waals surface area (Å²) in [6.07, 6.45) is 3.21. The first kappa shape index (κ1) is 15.8. The van der Waals surface area contributed by atoms with Crippen LogP contribution in [0.1, 0.15) is 28.8 Å². The van der Waals surface area contributed by atoms with Crippen molar-refractivity contribution in [1.82, 2.24) is 5.32 Å². The predicted molar refractivity (Wildman–Crippen MR) is 81.0 cm³/mol. The summed E-state index contributed by atoms with van der Waals surface area (Å²) in [5, 5.41) is 11.4. The van der Waals surface area contributed by atoms with Crippen LogP contribution in [0.15, 0.2) is 18.2 Å². The number of nitrogens with one attached hydrogen (secondary N) is 1. The Hall–Kier alpha value is -1.60. The molecule has 2 rings (SSSR count). The number of rotatable bonds is 5. The number of carbonyl (C=O) groups is 1. The van der Waals surface area contributed by atoms with E-state index in [1.54, 1.807) is 18.2 Å². The molecule has 0 aliphatic carbocycles. The van der Waals surface area contributed by atoms with Crippen molar-refractivity contribution in [3.8, 4) is 0 Å². The molecule has 0 unspecified atom stereocenters. The highest BCUT2D eigenvalue weighted by atomic mass is 32.2. The summed E-state index contributed by atoms with van der Waals surface area (Å²) < 4.78 is 24.9. The van der Waals surface area contributed by atoms with E-state index in [0.717, 1.165) is 18.4 Å². The summed E-state index contributed by atoms with van der Waals surface area (Å²) in [5.41, 5.74) is 2.05. The number of aryl methyl sites for hydroxylation is 1. The Morgan fingerprint density at radius 3 is 2.86 bits per heavy atom. The van der Waals surface area contributed by atoms with E-state index < -0.39 is 10.0 Å². The molecule has 1 aliphatic heterocycles. The summed E-state index contributed by atoms with van der Waals surface area (Å²) in [6.45, 7) is 0.934. The van der Waals surface area contributed by atoms with Gasteiger partial charge in [0.25, 0.3) is 5.91 Å². The van der Waals surface area contributed by atoms with Gasteiger partial charge in [0.05, 0.1) is 11.9 Å². The minimum Gasteiger partial charge on any atom is -0.396 e. The highest BCUT2D eigenvalue weighted by Gasteiger charge is 2.24. The fourth-order valence-electron chi connectivity index (χ4n) is 2.43. The Kier molecular flexibility index (Phi) is 4.84. The van der Waals surface area contributed by atoms with E-state index in [1.165, 1.54) is 10.6 Å². The van der Waals surface area contributed by atoms with Crippen LogP contribution >= 0.6 is 0 Å². The molecule has 1 heterocycles. The van der Waals surface area contributed by atoms with Gasteiger partial charge in [-0.1, -0.05) is 0 Å². The smallest absolute Gasteiger partial charge is 0.251 e. The summed E-state index contributed by atoms with van der Waals surface area (Å²) in [5.74, 6) is -0.206. The minimum absolute atomic E-state index is 0.0355. The van der Waals surface area contributed by atoms with Gasteiger partial charge >= 0.3 is 0 Å². The van der Waals surface area contributed by atoms with Crippen LogP contribution in [0.3, 0.4) is 0 Å². The predicted octanol–water partition coefficient (Wildman–Crippen LogP) is 0.511. The molecule has 0 fully saturated rings. The van der Waals surface area contributed by atoms with Gasteiger partial charge in [-0.25, -0.2) is 8.42 Å². The lowest BCUT2D eigenvalue weighted by Gasteiger charge is -2.29. The van der Waals surface area contributed by atoms with Gasteiger partial charge in [0, 0.05) is 25.3 Å². The lowest BCUT2D eigenvalue weighted by atomic mass is 10.0. The zero-order valence-corrected chi connectivity index (χ0v) is 12.8. The largest absolute Gasteiger partial charge is 0.396 e. The van der Waals surface area contributed by atoms with Gasteiger partial charge in [-0.2, -0.15) is 0 Å². The van der Waals surface area contributed by atoms with Crippen LogP contribution in [0.25, 0.3) is 0 Å². The first-order chi connectivity index (χ1) is 9.93. The molecule has 2 N–H and O–H groups in total. The molecule has 0 atom stereocenters. The molecule has 0 spiro atoms. The number of hydrogen-bond donors (Lipinski definition) is 2. The van der Waals surface area contributed by atoms with Crippen molar-refractivity contribution in [2.75, 3.05) is 30.3 Å². The van der Waals surface area contributed by atoms with Crippen molar-refractivity contribution >= 4 is 21.6 Å². The Labute approximate surface area is 124 Å². The molecule has 7 heteroatoms. The Morgan fingerprint density at radius 1 is 1.43 bits per heavy atom. The first-order valence-corrected chi connectivity index (χ1v) is 8.78. The van der Waals surface area contributed by atoms with Crippen LogP contribution in [-0.4, -0.2) is 45.4 Å². The number of hydrogen-bond acceptors (Lipinski definition) is 4. The maximum Gasteiger partial charge on any atom is 0.251 e. The summed E-state index contributed by atoms with van der Waals surface area (Å²) >= 11 is 0. The lowest BCUT2D eigenvalue weighted by molar-refractivity contribution is 0.0951. The van der Waals surface area contributed by atoms with Crippen LogP contribution in [0, 0.1) is 0 Å². The lowest BCUT2D eigenvalue weighted by Crippen LogP contribution is -2.34. The zero-order chi connectivity index (χ0) is 15.5. The number of aliphatic hydroxyl groups is 1. The Morgan fingerprint density at radius 2 is 2.19 bits per heavy atom. The number of aliphatic hydroxyl groups excluding tert-OH is 1. The maximum atomic E-state index is 12.0. The molecule has 6 nitrogen and oxygen atoms in total. The summed E-state index contributed by atoms with van der Waals surface area (Å²) in [4.78, 5) is 12.0. The van der Waals surface area contributed by atoms with Crippen molar-refractivity contribution in [2.45, 2.75) is 19.3 Å². The molecular weight excluding hydrogens is 292 g/mol. The number of amides is 1. The molecule has 0 bridgehead atoms. The minimum atomic E-state index is -3.28. The molecule has 0 radical (unpaired) electrons. The molecule has 116 valence electrons. The van der Waals surface area contributed by atoms with Crippen molar-refractivity contribution in [2.24, 2.45) is 0 Å². The van der Waals surface area contributed by atoms with E-state index in [2.05, 4.69) is 5.32 Å². The molecule has 0 saturated carbocycles. The van der Waals surface area contributed by atoms with Gasteiger partial charge in [0.2, 0.25) is 10.0 Å². The maximum absolute atomic E-state index is 12.0. The molecule has 1 aromatic carbocycles. The highest BCUT2D eigenvalue weighted by molar-refractivity contribution is 7.92. The van der Waals surface area contributed by atoms with E-state index in [4.69, 9.17) is 5.11 Å². The molecular formula is C14H20N2O4S. The van der Waals surface area contributed by atoms with Gasteiger partial charge < -0.3 is 10.4 Å². The van der Waals surface area contributed by atoms with E-state index in [9.17, 15) is 13.2 Å². The summed E-state index contributed by atoms with van der Waals surface area (Å²) in [7, 11) is -3.28. The number of benzene rings is 1. The van der Waals surface area contributed by atoms with Gasteiger partial charge in [-0.3, -0.25) is 9.10 Å². The number of anilines is 1. The summed E-state index contributed by atoms with van der Waals surface area (Å²) in [6, 6.07) is 5.08. The van der Waals surface area contributed by atoms with Crippen LogP contribution in [0.2, 0.25) is 0 Å². The monoisotopic (exact) mass is 312 g/mol. The molecule has 1 aliphatic rings. The topological polar surface area (TPSA) is 86.7 Å². The Bertz CT molecular complexity index is 628. The molecule has 21 heavy (non-hydrogen) atoms. The molecule has 0 saturated heterocycles. The van der Waals surface area contributed by atoms with E-state index >= 15 is 0 Å². The normalized spacial score (nSPS) is 14.7. The average molecular weight is 312 g/mol. The fraction of sp³-hybridized carbons (Fsp3) is 0.500. The highest BCUT2D eigenvalue weighted by Crippen LogP contribution is 2.29. The number of carbonyl (C=O) groups excluding carboxylic acids is 1. The molecule has 0 aromatic heterocycles. The average Bonchev–Trinajstić information content (AvgIpc) is 2.45. The zero-order valence-electron chi connectivity index (χ0n) is 12.0. The van der Waals surface area contributed by atoms with Crippen molar-refractivity contribution in [3.63, 3.8) is 0 Å². The van der Waals surface area contributed by atoms with Crippen molar-refractivity contribution in [1.29, 1.82) is 0 Å². The third kappa shape index (κ3) is 3.74. The van der Waals surface area contributed by atoms with Crippen molar-refractivity contribution < 1.29 is 18.3 Å². The van der Waals surface area contributed by atoms with E-state index in [-0.39, 0.29) is 12.5 Å².